The van der Waals surface area contributed by atoms with Gasteiger partial charge in [0.25, 0.3) is 5.91 Å². The number of rotatable bonds is 5. The van der Waals surface area contributed by atoms with Crippen molar-refractivity contribution in [3.63, 3.8) is 0 Å². The summed E-state index contributed by atoms with van der Waals surface area (Å²) in [6, 6.07) is 12.0. The van der Waals surface area contributed by atoms with Gasteiger partial charge >= 0.3 is 0 Å². The molecule has 0 radical (unpaired) electrons. The maximum atomic E-state index is 12.5. The Morgan fingerprint density at radius 3 is 2.80 bits per heavy atom. The van der Waals surface area contributed by atoms with E-state index in [0.717, 1.165) is 39.6 Å². The van der Waals surface area contributed by atoms with E-state index in [4.69, 9.17) is 0 Å². The summed E-state index contributed by atoms with van der Waals surface area (Å²) in [4.78, 5) is 15.9. The van der Waals surface area contributed by atoms with Crippen LogP contribution in [0, 0.1) is 6.92 Å². The summed E-state index contributed by atoms with van der Waals surface area (Å²) in [5.74, 6) is 0.0267. The molecule has 5 nitrogen and oxygen atoms in total. The molecular formula is C19H23N4OS+. The first-order valence-corrected chi connectivity index (χ1v) is 9.70. The molecule has 0 spiro atoms. The van der Waals surface area contributed by atoms with Crippen LogP contribution in [0.5, 0.6) is 0 Å². The highest BCUT2D eigenvalue weighted by Gasteiger charge is 2.18. The molecule has 0 bridgehead atoms. The molecule has 1 saturated heterocycles. The molecule has 0 atom stereocenters. The molecule has 2 aromatic heterocycles. The molecule has 4 rings (SSSR count). The number of amides is 1. The fourth-order valence-electron chi connectivity index (χ4n) is 3.47. The van der Waals surface area contributed by atoms with Crippen molar-refractivity contribution >= 4 is 27.5 Å². The summed E-state index contributed by atoms with van der Waals surface area (Å²) in [6.45, 7) is 6.24. The first-order chi connectivity index (χ1) is 12.2. The number of hydrogen-bond acceptors (Lipinski definition) is 3. The van der Waals surface area contributed by atoms with Crippen molar-refractivity contribution in [3.05, 3.63) is 47.0 Å². The molecule has 0 unspecified atom stereocenters. The van der Waals surface area contributed by atoms with E-state index in [-0.39, 0.29) is 5.91 Å². The number of aryl methyl sites for hydroxylation is 1. The van der Waals surface area contributed by atoms with E-state index in [0.29, 0.717) is 0 Å². The molecule has 2 N–H and O–H groups in total. The number of para-hydroxylation sites is 1. The van der Waals surface area contributed by atoms with Crippen LogP contribution in [0.15, 0.2) is 36.4 Å². The Bertz CT molecular complexity index is 878. The van der Waals surface area contributed by atoms with Crippen molar-refractivity contribution in [1.29, 1.82) is 0 Å². The maximum Gasteiger partial charge on any atom is 0.261 e. The van der Waals surface area contributed by atoms with Crippen molar-refractivity contribution in [3.8, 4) is 5.69 Å². The van der Waals surface area contributed by atoms with E-state index in [1.807, 2.05) is 48.0 Å². The normalized spacial score (nSPS) is 15.1. The van der Waals surface area contributed by atoms with E-state index >= 15 is 0 Å². The maximum absolute atomic E-state index is 12.5. The Hall–Kier alpha value is -2.18. The summed E-state index contributed by atoms with van der Waals surface area (Å²) in [5.41, 5.74) is 1.97. The number of thiophene rings is 1. The minimum atomic E-state index is 0.0267. The topological polar surface area (TPSA) is 51.4 Å². The quantitative estimate of drug-likeness (QED) is 0.733. The van der Waals surface area contributed by atoms with E-state index in [2.05, 4.69) is 10.4 Å². The SMILES string of the molecule is Cc1nn(-c2ccccc2)c2sc(C(=O)NCC[NH+]3CCCC3)cc12. The summed E-state index contributed by atoms with van der Waals surface area (Å²) >= 11 is 1.51. The summed E-state index contributed by atoms with van der Waals surface area (Å²) < 4.78 is 1.93. The van der Waals surface area contributed by atoms with Crippen LogP contribution >= 0.6 is 11.3 Å². The average Bonchev–Trinajstić information content (AvgIpc) is 3.34. The van der Waals surface area contributed by atoms with Crippen LogP contribution in [0.1, 0.15) is 28.2 Å². The Kier molecular flexibility index (Phi) is 4.55. The number of aromatic nitrogens is 2. The lowest BCUT2D eigenvalue weighted by molar-refractivity contribution is -0.886. The van der Waals surface area contributed by atoms with Gasteiger partial charge in [-0.05, 0) is 25.1 Å². The zero-order chi connectivity index (χ0) is 17.2. The highest BCUT2D eigenvalue weighted by atomic mass is 32.1. The Labute approximate surface area is 151 Å². The van der Waals surface area contributed by atoms with E-state index in [9.17, 15) is 4.79 Å². The number of hydrogen-bond donors (Lipinski definition) is 2. The van der Waals surface area contributed by atoms with Crippen LogP contribution in [0.2, 0.25) is 0 Å². The van der Waals surface area contributed by atoms with Gasteiger partial charge in [-0.25, -0.2) is 4.68 Å². The number of fused-ring (bicyclic) bond motifs is 1. The third-order valence-corrected chi connectivity index (χ3v) is 5.95. The third-order valence-electron chi connectivity index (χ3n) is 4.84. The van der Waals surface area contributed by atoms with Crippen LogP contribution in [-0.2, 0) is 0 Å². The molecule has 25 heavy (non-hydrogen) atoms. The molecule has 1 amide bonds. The van der Waals surface area contributed by atoms with Crippen LogP contribution in [0.25, 0.3) is 15.9 Å². The molecule has 0 aliphatic carbocycles. The van der Waals surface area contributed by atoms with Crippen LogP contribution in [0.3, 0.4) is 0 Å². The van der Waals surface area contributed by atoms with E-state index in [1.54, 1.807) is 4.90 Å². The van der Waals surface area contributed by atoms with Gasteiger partial charge < -0.3 is 10.2 Å². The van der Waals surface area contributed by atoms with Gasteiger partial charge in [-0.1, -0.05) is 18.2 Å². The van der Waals surface area contributed by atoms with Crippen LogP contribution in [0.4, 0.5) is 0 Å². The predicted octanol–water partition coefficient (Wildman–Crippen LogP) is 1.80. The molecule has 6 heteroatoms. The molecule has 130 valence electrons. The molecule has 3 heterocycles. The molecule has 1 fully saturated rings. The van der Waals surface area contributed by atoms with Crippen molar-refractivity contribution in [2.75, 3.05) is 26.2 Å². The van der Waals surface area contributed by atoms with Gasteiger partial charge in [-0.3, -0.25) is 4.79 Å². The van der Waals surface area contributed by atoms with Crippen molar-refractivity contribution in [2.24, 2.45) is 0 Å². The van der Waals surface area contributed by atoms with Crippen LogP contribution < -0.4 is 10.2 Å². The van der Waals surface area contributed by atoms with Crippen molar-refractivity contribution in [1.82, 2.24) is 15.1 Å². The third kappa shape index (κ3) is 3.32. The largest absolute Gasteiger partial charge is 0.346 e. The zero-order valence-corrected chi connectivity index (χ0v) is 15.2. The lowest BCUT2D eigenvalue weighted by Gasteiger charge is -2.11. The number of carbonyl (C=O) groups excluding carboxylic acids is 1. The highest BCUT2D eigenvalue weighted by Crippen LogP contribution is 2.30. The molecule has 0 saturated carbocycles. The zero-order valence-electron chi connectivity index (χ0n) is 14.4. The Morgan fingerprint density at radius 1 is 1.28 bits per heavy atom. The summed E-state index contributed by atoms with van der Waals surface area (Å²) in [7, 11) is 0. The van der Waals surface area contributed by atoms with Crippen LogP contribution in [-0.4, -0.2) is 41.9 Å². The molecular weight excluding hydrogens is 332 g/mol. The average molecular weight is 355 g/mol. The number of nitrogens with one attached hydrogen (secondary N) is 2. The number of quaternary nitrogens is 1. The number of likely N-dealkylation sites (tertiary alicyclic amines) is 1. The minimum absolute atomic E-state index is 0.0267. The summed E-state index contributed by atoms with van der Waals surface area (Å²) in [5, 5.41) is 8.76. The first kappa shape index (κ1) is 16.3. The van der Waals surface area contributed by atoms with Gasteiger partial charge in [0.2, 0.25) is 0 Å². The second kappa shape index (κ2) is 6.98. The van der Waals surface area contributed by atoms with E-state index in [1.165, 1.54) is 37.3 Å². The predicted molar refractivity (Wildman–Crippen MR) is 101 cm³/mol. The molecule has 3 aromatic rings. The van der Waals surface area contributed by atoms with Gasteiger partial charge in [-0.15, -0.1) is 11.3 Å². The fraction of sp³-hybridized carbons (Fsp3) is 0.368. The summed E-state index contributed by atoms with van der Waals surface area (Å²) in [6.07, 6.45) is 2.63. The molecule has 1 aromatic carbocycles. The first-order valence-electron chi connectivity index (χ1n) is 8.89. The minimum Gasteiger partial charge on any atom is -0.346 e. The van der Waals surface area contributed by atoms with Crippen molar-refractivity contribution in [2.45, 2.75) is 19.8 Å². The fourth-order valence-corrected chi connectivity index (χ4v) is 4.57. The molecule has 1 aliphatic heterocycles. The smallest absolute Gasteiger partial charge is 0.261 e. The standard InChI is InChI=1S/C19H22N4OS/c1-14-16-13-17(18(24)20-9-12-22-10-5-6-11-22)25-19(16)23(21-14)15-7-3-2-4-8-15/h2-4,7-8,13H,5-6,9-12H2,1H3,(H,20,24)/p+1. The number of nitrogens with zero attached hydrogens (tertiary/aromatic N) is 2. The second-order valence-electron chi connectivity index (χ2n) is 6.63. The van der Waals surface area contributed by atoms with Crippen molar-refractivity contribution < 1.29 is 9.69 Å². The highest BCUT2D eigenvalue weighted by molar-refractivity contribution is 7.20. The monoisotopic (exact) mass is 355 g/mol. The lowest BCUT2D eigenvalue weighted by atomic mass is 10.3. The van der Waals surface area contributed by atoms with E-state index < -0.39 is 0 Å². The lowest BCUT2D eigenvalue weighted by Crippen LogP contribution is -3.10. The van der Waals surface area contributed by atoms with Gasteiger partial charge in [0.15, 0.2) is 0 Å². The molecule has 1 aliphatic rings. The van der Waals surface area contributed by atoms with Gasteiger partial charge in [-0.2, -0.15) is 5.10 Å². The second-order valence-corrected chi connectivity index (χ2v) is 7.66. The van der Waals surface area contributed by atoms with Gasteiger partial charge in [0.1, 0.15) is 4.83 Å². The number of benzene rings is 1. The van der Waals surface area contributed by atoms with Gasteiger partial charge in [0, 0.05) is 18.2 Å². The van der Waals surface area contributed by atoms with Gasteiger partial charge in [0.05, 0.1) is 42.4 Å². The Morgan fingerprint density at radius 2 is 2.04 bits per heavy atom. The Balaban J connectivity index is 1.51. The number of carbonyl (C=O) groups is 1.